The van der Waals surface area contributed by atoms with E-state index in [1.165, 1.54) is 19.2 Å². The standard InChI is InChI=1S/C14H16F2O2/c1-18-14(4-2-3-5-14)13(17)8-10-6-11(15)9-12(16)7-10/h6-7,9H,2-5,8H2,1H3. The van der Waals surface area contributed by atoms with Crippen LogP contribution in [0.3, 0.4) is 0 Å². The van der Waals surface area contributed by atoms with E-state index in [1.807, 2.05) is 0 Å². The van der Waals surface area contributed by atoms with Crippen LogP contribution >= 0.6 is 0 Å². The highest BCUT2D eigenvalue weighted by molar-refractivity contribution is 5.89. The summed E-state index contributed by atoms with van der Waals surface area (Å²) in [5.41, 5.74) is -0.385. The maximum atomic E-state index is 13.1. The lowest BCUT2D eigenvalue weighted by atomic mass is 9.91. The summed E-state index contributed by atoms with van der Waals surface area (Å²) in [7, 11) is 1.52. The van der Waals surface area contributed by atoms with Crippen LogP contribution in [0.2, 0.25) is 0 Å². The summed E-state index contributed by atoms with van der Waals surface area (Å²) in [6, 6.07) is 3.19. The zero-order valence-electron chi connectivity index (χ0n) is 10.3. The summed E-state index contributed by atoms with van der Waals surface area (Å²) in [6.07, 6.45) is 3.32. The zero-order valence-corrected chi connectivity index (χ0v) is 10.3. The Morgan fingerprint density at radius 1 is 1.22 bits per heavy atom. The Bertz CT molecular complexity index is 431. The van der Waals surface area contributed by atoms with E-state index < -0.39 is 17.2 Å². The minimum atomic E-state index is -0.747. The summed E-state index contributed by atoms with van der Waals surface area (Å²) in [5.74, 6) is -1.40. The van der Waals surface area contributed by atoms with Gasteiger partial charge in [0.15, 0.2) is 5.78 Å². The van der Waals surface area contributed by atoms with Crippen molar-refractivity contribution in [2.45, 2.75) is 37.7 Å². The molecule has 2 rings (SSSR count). The van der Waals surface area contributed by atoms with E-state index in [4.69, 9.17) is 4.74 Å². The molecule has 0 unspecified atom stereocenters. The highest BCUT2D eigenvalue weighted by atomic mass is 19.1. The van der Waals surface area contributed by atoms with Crippen LogP contribution in [-0.2, 0) is 16.0 Å². The van der Waals surface area contributed by atoms with Gasteiger partial charge in [0.25, 0.3) is 0 Å². The fourth-order valence-electron chi connectivity index (χ4n) is 2.60. The first-order valence-corrected chi connectivity index (χ1v) is 6.09. The smallest absolute Gasteiger partial charge is 0.168 e. The van der Waals surface area contributed by atoms with E-state index in [1.54, 1.807) is 0 Å². The third-order valence-electron chi connectivity index (χ3n) is 3.60. The van der Waals surface area contributed by atoms with Crippen molar-refractivity contribution in [2.24, 2.45) is 0 Å². The van der Waals surface area contributed by atoms with Crippen molar-refractivity contribution in [3.8, 4) is 0 Å². The van der Waals surface area contributed by atoms with Crippen molar-refractivity contribution in [2.75, 3.05) is 7.11 Å². The highest BCUT2D eigenvalue weighted by Crippen LogP contribution is 2.34. The molecular formula is C14H16F2O2. The number of hydrogen-bond acceptors (Lipinski definition) is 2. The van der Waals surface area contributed by atoms with E-state index in [-0.39, 0.29) is 12.2 Å². The van der Waals surface area contributed by atoms with Gasteiger partial charge in [-0.25, -0.2) is 8.78 Å². The molecule has 18 heavy (non-hydrogen) atoms. The van der Waals surface area contributed by atoms with Gasteiger partial charge in [-0.3, -0.25) is 4.79 Å². The molecule has 0 N–H and O–H groups in total. The van der Waals surface area contributed by atoms with Crippen molar-refractivity contribution in [3.05, 3.63) is 35.4 Å². The van der Waals surface area contributed by atoms with Crippen LogP contribution < -0.4 is 0 Å². The van der Waals surface area contributed by atoms with Gasteiger partial charge in [-0.2, -0.15) is 0 Å². The second-order valence-electron chi connectivity index (χ2n) is 4.78. The van der Waals surface area contributed by atoms with Crippen molar-refractivity contribution < 1.29 is 18.3 Å². The molecular weight excluding hydrogens is 238 g/mol. The average molecular weight is 254 g/mol. The highest BCUT2D eigenvalue weighted by Gasteiger charge is 2.40. The Labute approximate surface area is 105 Å². The van der Waals surface area contributed by atoms with E-state index in [0.29, 0.717) is 18.4 Å². The van der Waals surface area contributed by atoms with Crippen LogP contribution in [0.25, 0.3) is 0 Å². The second kappa shape index (κ2) is 5.14. The first-order valence-electron chi connectivity index (χ1n) is 6.09. The predicted octanol–water partition coefficient (Wildman–Crippen LogP) is 3.04. The topological polar surface area (TPSA) is 26.3 Å². The summed E-state index contributed by atoms with van der Waals surface area (Å²) >= 11 is 0. The molecule has 0 amide bonds. The van der Waals surface area contributed by atoms with Gasteiger partial charge in [-0.05, 0) is 43.4 Å². The van der Waals surface area contributed by atoms with Crippen LogP contribution in [0.15, 0.2) is 18.2 Å². The van der Waals surface area contributed by atoms with E-state index in [9.17, 15) is 13.6 Å². The molecule has 0 aromatic heterocycles. The van der Waals surface area contributed by atoms with Crippen LogP contribution in [-0.4, -0.2) is 18.5 Å². The molecule has 0 aliphatic heterocycles. The first kappa shape index (κ1) is 13.1. The number of hydrogen-bond donors (Lipinski definition) is 0. The van der Waals surface area contributed by atoms with Gasteiger partial charge < -0.3 is 4.74 Å². The van der Waals surface area contributed by atoms with Gasteiger partial charge in [0.2, 0.25) is 0 Å². The van der Waals surface area contributed by atoms with E-state index >= 15 is 0 Å². The number of methoxy groups -OCH3 is 1. The van der Waals surface area contributed by atoms with Gasteiger partial charge in [-0.1, -0.05) is 0 Å². The monoisotopic (exact) mass is 254 g/mol. The van der Waals surface area contributed by atoms with Crippen molar-refractivity contribution in [1.29, 1.82) is 0 Å². The number of carbonyl (C=O) groups is 1. The van der Waals surface area contributed by atoms with Crippen LogP contribution in [0.4, 0.5) is 8.78 Å². The van der Waals surface area contributed by atoms with Crippen LogP contribution in [0.1, 0.15) is 31.2 Å². The molecule has 2 nitrogen and oxygen atoms in total. The summed E-state index contributed by atoms with van der Waals surface area (Å²) in [6.45, 7) is 0. The number of carbonyl (C=O) groups excluding carboxylic acids is 1. The Morgan fingerprint density at radius 2 is 1.78 bits per heavy atom. The van der Waals surface area contributed by atoms with E-state index in [0.717, 1.165) is 18.9 Å². The molecule has 98 valence electrons. The molecule has 0 heterocycles. The minimum absolute atomic E-state index is 0.0164. The molecule has 0 radical (unpaired) electrons. The lowest BCUT2D eigenvalue weighted by Crippen LogP contribution is -2.38. The zero-order chi connectivity index (χ0) is 13.2. The number of Topliss-reactive ketones (excluding diaryl/α,β-unsaturated/α-hetero) is 1. The van der Waals surface area contributed by atoms with Crippen molar-refractivity contribution >= 4 is 5.78 Å². The number of benzene rings is 1. The largest absolute Gasteiger partial charge is 0.370 e. The Balaban J connectivity index is 2.15. The number of ketones is 1. The lowest BCUT2D eigenvalue weighted by Gasteiger charge is -2.25. The van der Waals surface area contributed by atoms with Gasteiger partial charge in [0.1, 0.15) is 17.2 Å². The second-order valence-corrected chi connectivity index (χ2v) is 4.78. The molecule has 0 atom stereocenters. The average Bonchev–Trinajstić information content (AvgIpc) is 2.77. The summed E-state index contributed by atoms with van der Waals surface area (Å²) in [5, 5.41) is 0. The minimum Gasteiger partial charge on any atom is -0.370 e. The van der Waals surface area contributed by atoms with Crippen LogP contribution in [0.5, 0.6) is 0 Å². The molecule has 1 aliphatic carbocycles. The third-order valence-corrected chi connectivity index (χ3v) is 3.60. The molecule has 4 heteroatoms. The molecule has 1 fully saturated rings. The SMILES string of the molecule is COC1(C(=O)Cc2cc(F)cc(F)c2)CCCC1. The number of rotatable bonds is 4. The first-order chi connectivity index (χ1) is 8.55. The van der Waals surface area contributed by atoms with Crippen molar-refractivity contribution in [3.63, 3.8) is 0 Å². The molecule has 1 aliphatic rings. The predicted molar refractivity (Wildman–Crippen MR) is 63.3 cm³/mol. The van der Waals surface area contributed by atoms with E-state index in [2.05, 4.69) is 0 Å². The summed E-state index contributed by atoms with van der Waals surface area (Å²) < 4.78 is 31.5. The molecule has 1 aromatic carbocycles. The fourth-order valence-corrected chi connectivity index (χ4v) is 2.60. The van der Waals surface area contributed by atoms with Crippen molar-refractivity contribution in [1.82, 2.24) is 0 Å². The molecule has 0 spiro atoms. The van der Waals surface area contributed by atoms with Gasteiger partial charge in [0.05, 0.1) is 0 Å². The quantitative estimate of drug-likeness (QED) is 0.825. The molecule has 0 saturated heterocycles. The Morgan fingerprint density at radius 3 is 2.28 bits per heavy atom. The Kier molecular flexibility index (Phi) is 3.76. The number of ether oxygens (including phenoxy) is 1. The maximum absolute atomic E-state index is 13.1. The van der Waals surface area contributed by atoms with Crippen LogP contribution in [0, 0.1) is 11.6 Å². The maximum Gasteiger partial charge on any atom is 0.168 e. The summed E-state index contributed by atoms with van der Waals surface area (Å²) in [4.78, 5) is 12.2. The lowest BCUT2D eigenvalue weighted by molar-refractivity contribution is -0.139. The number of halogens is 2. The Hall–Kier alpha value is -1.29. The van der Waals surface area contributed by atoms with Gasteiger partial charge in [0, 0.05) is 19.6 Å². The van der Waals surface area contributed by atoms with Gasteiger partial charge >= 0.3 is 0 Å². The fraction of sp³-hybridized carbons (Fsp3) is 0.500. The van der Waals surface area contributed by atoms with Gasteiger partial charge in [-0.15, -0.1) is 0 Å². The molecule has 1 saturated carbocycles. The normalized spacial score (nSPS) is 17.9. The third kappa shape index (κ3) is 2.58. The molecule has 0 bridgehead atoms. The molecule has 1 aromatic rings.